The Bertz CT molecular complexity index is 1170. The topological polar surface area (TPSA) is 85.2 Å². The predicted molar refractivity (Wildman–Crippen MR) is 103 cm³/mol. The van der Waals surface area contributed by atoms with E-state index in [1.54, 1.807) is 12.1 Å². The number of aromatic nitrogens is 2. The maximum Gasteiger partial charge on any atom is 0.271 e. The smallest absolute Gasteiger partial charge is 0.271 e. The van der Waals surface area contributed by atoms with Crippen LogP contribution in [0.3, 0.4) is 0 Å². The second kappa shape index (κ2) is 6.80. The van der Waals surface area contributed by atoms with Gasteiger partial charge in [-0.25, -0.2) is 4.98 Å². The second-order valence-corrected chi connectivity index (χ2v) is 5.99. The van der Waals surface area contributed by atoms with Crippen molar-refractivity contribution in [2.75, 3.05) is 0 Å². The van der Waals surface area contributed by atoms with Crippen LogP contribution < -0.4 is 0 Å². The average Bonchev–Trinajstić information content (AvgIpc) is 3.07. The van der Waals surface area contributed by atoms with Gasteiger partial charge in [-0.15, -0.1) is 10.2 Å². The molecule has 7 heteroatoms. The van der Waals surface area contributed by atoms with Gasteiger partial charge in [0, 0.05) is 23.4 Å². The number of hydrogen-bond donors (Lipinski definition) is 0. The molecule has 0 saturated heterocycles. The number of nitro benzene ring substituents is 1. The Morgan fingerprint density at radius 3 is 2.52 bits per heavy atom. The first-order valence-corrected chi connectivity index (χ1v) is 8.33. The molecule has 2 aromatic carbocycles. The van der Waals surface area contributed by atoms with E-state index in [0.717, 1.165) is 16.9 Å². The molecular weight excluding hydrogens is 342 g/mol. The molecular formula is C20H15N5O2. The van der Waals surface area contributed by atoms with Crippen molar-refractivity contribution in [3.63, 3.8) is 0 Å². The maximum atomic E-state index is 11.0. The first-order chi connectivity index (χ1) is 13.1. The van der Waals surface area contributed by atoms with Gasteiger partial charge < -0.3 is 0 Å². The highest BCUT2D eigenvalue weighted by Gasteiger charge is 2.15. The number of non-ortho nitro benzene ring substituents is 1. The van der Waals surface area contributed by atoms with E-state index in [-0.39, 0.29) is 5.69 Å². The van der Waals surface area contributed by atoms with E-state index in [9.17, 15) is 10.1 Å². The molecule has 0 saturated carbocycles. The number of imidazole rings is 1. The molecule has 2 heterocycles. The summed E-state index contributed by atoms with van der Waals surface area (Å²) >= 11 is 0. The molecule has 0 fully saturated rings. The van der Waals surface area contributed by atoms with Crippen LogP contribution in [0.1, 0.15) is 5.69 Å². The van der Waals surface area contributed by atoms with Crippen LogP contribution in [-0.4, -0.2) is 14.3 Å². The highest BCUT2D eigenvalue weighted by Crippen LogP contribution is 2.33. The number of benzene rings is 2. The molecule has 0 spiro atoms. The molecule has 0 N–H and O–H groups in total. The van der Waals surface area contributed by atoms with E-state index < -0.39 is 4.92 Å². The molecule has 0 bridgehead atoms. The second-order valence-electron chi connectivity index (χ2n) is 5.99. The van der Waals surface area contributed by atoms with Crippen LogP contribution in [0.15, 0.2) is 83.0 Å². The lowest BCUT2D eigenvalue weighted by Gasteiger charge is -2.02. The van der Waals surface area contributed by atoms with Gasteiger partial charge in [0.1, 0.15) is 11.3 Å². The number of nitro groups is 1. The SMILES string of the molecule is Cc1cccc2nc(-c3ccccc3)c(N=Nc3cccc([N+](=O)[O-])c3)n12. The zero-order valence-corrected chi connectivity index (χ0v) is 14.5. The van der Waals surface area contributed by atoms with E-state index in [4.69, 9.17) is 4.98 Å². The number of rotatable bonds is 4. The van der Waals surface area contributed by atoms with E-state index in [2.05, 4.69) is 10.2 Å². The van der Waals surface area contributed by atoms with Gasteiger partial charge in [-0.2, -0.15) is 0 Å². The third-order valence-electron chi connectivity index (χ3n) is 4.16. The molecule has 27 heavy (non-hydrogen) atoms. The predicted octanol–water partition coefficient (Wildman–Crippen LogP) is 5.63. The molecule has 0 aliphatic carbocycles. The Kier molecular flexibility index (Phi) is 4.18. The Balaban J connectivity index is 1.87. The van der Waals surface area contributed by atoms with E-state index >= 15 is 0 Å². The molecule has 4 rings (SSSR count). The first-order valence-electron chi connectivity index (χ1n) is 8.33. The van der Waals surface area contributed by atoms with Crippen molar-refractivity contribution >= 4 is 22.8 Å². The maximum absolute atomic E-state index is 11.0. The molecule has 0 aliphatic rings. The standard InChI is InChI=1S/C20H15N5O2/c1-14-7-5-12-18-21-19(15-8-3-2-4-9-15)20(24(14)18)23-22-16-10-6-11-17(13-16)25(26)27/h2-13H,1H3. The minimum atomic E-state index is -0.452. The minimum absolute atomic E-state index is 0.0240. The lowest BCUT2D eigenvalue weighted by atomic mass is 10.1. The highest BCUT2D eigenvalue weighted by atomic mass is 16.6. The average molecular weight is 357 g/mol. The summed E-state index contributed by atoms with van der Waals surface area (Å²) in [6.07, 6.45) is 0. The monoisotopic (exact) mass is 357 g/mol. The van der Waals surface area contributed by atoms with Gasteiger partial charge in [0.2, 0.25) is 0 Å². The molecule has 0 aliphatic heterocycles. The van der Waals surface area contributed by atoms with Gasteiger partial charge in [0.15, 0.2) is 5.82 Å². The summed E-state index contributed by atoms with van der Waals surface area (Å²) in [6, 6.07) is 21.6. The highest BCUT2D eigenvalue weighted by molar-refractivity contribution is 5.74. The number of aryl methyl sites for hydroxylation is 1. The van der Waals surface area contributed by atoms with Gasteiger partial charge in [-0.05, 0) is 25.1 Å². The molecule has 0 amide bonds. The van der Waals surface area contributed by atoms with Crippen LogP contribution in [-0.2, 0) is 0 Å². The first kappa shape index (κ1) is 16.6. The fourth-order valence-electron chi connectivity index (χ4n) is 2.89. The Labute approximate surface area is 154 Å². The molecule has 2 aromatic heterocycles. The van der Waals surface area contributed by atoms with Crippen molar-refractivity contribution in [3.05, 3.63) is 88.6 Å². The van der Waals surface area contributed by atoms with Crippen molar-refractivity contribution < 1.29 is 4.92 Å². The lowest BCUT2D eigenvalue weighted by Crippen LogP contribution is -1.89. The van der Waals surface area contributed by atoms with Crippen molar-refractivity contribution in [2.45, 2.75) is 6.92 Å². The van der Waals surface area contributed by atoms with E-state index in [0.29, 0.717) is 17.2 Å². The van der Waals surface area contributed by atoms with Crippen LogP contribution >= 0.6 is 0 Å². The van der Waals surface area contributed by atoms with Crippen LogP contribution in [0, 0.1) is 17.0 Å². The number of pyridine rings is 1. The lowest BCUT2D eigenvalue weighted by molar-refractivity contribution is -0.384. The van der Waals surface area contributed by atoms with Crippen LogP contribution in [0.25, 0.3) is 16.9 Å². The largest absolute Gasteiger partial charge is 0.280 e. The third-order valence-corrected chi connectivity index (χ3v) is 4.16. The van der Waals surface area contributed by atoms with Gasteiger partial charge in [0.05, 0.1) is 10.6 Å². The molecule has 0 radical (unpaired) electrons. The summed E-state index contributed by atoms with van der Waals surface area (Å²) in [5.74, 6) is 0.584. The number of hydrogen-bond acceptors (Lipinski definition) is 5. The molecule has 132 valence electrons. The summed E-state index contributed by atoms with van der Waals surface area (Å²) in [5, 5.41) is 19.6. The Morgan fingerprint density at radius 2 is 1.74 bits per heavy atom. The van der Waals surface area contributed by atoms with Crippen molar-refractivity contribution in [1.29, 1.82) is 0 Å². The van der Waals surface area contributed by atoms with Crippen molar-refractivity contribution in [3.8, 4) is 11.3 Å². The number of nitrogens with zero attached hydrogens (tertiary/aromatic N) is 5. The van der Waals surface area contributed by atoms with Crippen LogP contribution in [0.5, 0.6) is 0 Å². The molecule has 0 unspecified atom stereocenters. The van der Waals surface area contributed by atoms with Gasteiger partial charge in [-0.3, -0.25) is 14.5 Å². The van der Waals surface area contributed by atoms with E-state index in [1.165, 1.54) is 12.1 Å². The quantitative estimate of drug-likeness (QED) is 0.269. The number of azo groups is 1. The minimum Gasteiger partial charge on any atom is -0.280 e. The van der Waals surface area contributed by atoms with Crippen LogP contribution in [0.2, 0.25) is 0 Å². The zero-order valence-electron chi connectivity index (χ0n) is 14.5. The van der Waals surface area contributed by atoms with E-state index in [1.807, 2.05) is 59.9 Å². The fourth-order valence-corrected chi connectivity index (χ4v) is 2.89. The third kappa shape index (κ3) is 3.18. The van der Waals surface area contributed by atoms with Crippen molar-refractivity contribution in [1.82, 2.24) is 9.38 Å². The summed E-state index contributed by atoms with van der Waals surface area (Å²) in [7, 11) is 0. The van der Waals surface area contributed by atoms with Gasteiger partial charge in [0.25, 0.3) is 5.69 Å². The molecule has 7 nitrogen and oxygen atoms in total. The summed E-state index contributed by atoms with van der Waals surface area (Å²) in [4.78, 5) is 15.2. The Morgan fingerprint density at radius 1 is 0.963 bits per heavy atom. The fraction of sp³-hybridized carbons (Fsp3) is 0.0500. The normalized spacial score (nSPS) is 11.3. The van der Waals surface area contributed by atoms with Gasteiger partial charge in [-0.1, -0.05) is 42.5 Å². The molecule has 0 atom stereocenters. The van der Waals surface area contributed by atoms with Crippen LogP contribution in [0.4, 0.5) is 17.2 Å². The van der Waals surface area contributed by atoms with Gasteiger partial charge >= 0.3 is 0 Å². The summed E-state index contributed by atoms with van der Waals surface area (Å²) < 4.78 is 1.92. The molecule has 4 aromatic rings. The van der Waals surface area contributed by atoms with Crippen molar-refractivity contribution in [2.24, 2.45) is 10.2 Å². The summed E-state index contributed by atoms with van der Waals surface area (Å²) in [5.41, 5.74) is 3.75. The zero-order chi connectivity index (χ0) is 18.8. The Hall–Kier alpha value is -3.87. The summed E-state index contributed by atoms with van der Waals surface area (Å²) in [6.45, 7) is 1.97. The number of fused-ring (bicyclic) bond motifs is 1.